The van der Waals surface area contributed by atoms with Crippen molar-refractivity contribution in [3.8, 4) is 0 Å². The highest BCUT2D eigenvalue weighted by molar-refractivity contribution is 7.17. The summed E-state index contributed by atoms with van der Waals surface area (Å²) in [5.41, 5.74) is 0.589. The summed E-state index contributed by atoms with van der Waals surface area (Å²) >= 11 is 1.22. The molecular formula is C11H18N2O2S. The van der Waals surface area contributed by atoms with Crippen LogP contribution in [-0.4, -0.2) is 22.1 Å². The topological polar surface area (TPSA) is 62.2 Å². The van der Waals surface area contributed by atoms with Crippen molar-refractivity contribution in [3.63, 3.8) is 0 Å². The molecule has 1 atom stereocenters. The quantitative estimate of drug-likeness (QED) is 0.804. The van der Waals surface area contributed by atoms with Crippen LogP contribution in [0.15, 0.2) is 0 Å². The minimum Gasteiger partial charge on any atom is -0.477 e. The van der Waals surface area contributed by atoms with E-state index in [4.69, 9.17) is 5.11 Å². The number of aromatic carboxylic acids is 1. The predicted molar refractivity (Wildman–Crippen MR) is 66.4 cm³/mol. The highest BCUT2D eigenvalue weighted by Gasteiger charge is 2.15. The minimum atomic E-state index is -0.897. The average Bonchev–Trinajstić information content (AvgIpc) is 2.59. The Morgan fingerprint density at radius 3 is 2.69 bits per heavy atom. The molecule has 1 heterocycles. The number of rotatable bonds is 6. The molecule has 16 heavy (non-hydrogen) atoms. The molecule has 1 rings (SSSR count). The number of nitrogens with zero attached hydrogens (tertiary/aromatic N) is 1. The van der Waals surface area contributed by atoms with Crippen molar-refractivity contribution in [1.82, 2.24) is 4.98 Å². The molecule has 0 saturated heterocycles. The number of thiazole rings is 1. The van der Waals surface area contributed by atoms with Crippen molar-refractivity contribution in [2.75, 3.05) is 5.32 Å². The second-order valence-corrected chi connectivity index (χ2v) is 4.78. The summed E-state index contributed by atoms with van der Waals surface area (Å²) in [5.74, 6) is -0.897. The van der Waals surface area contributed by atoms with Gasteiger partial charge in [0.1, 0.15) is 4.88 Å². The van der Waals surface area contributed by atoms with Crippen LogP contribution in [0.1, 0.15) is 48.5 Å². The summed E-state index contributed by atoms with van der Waals surface area (Å²) in [6.07, 6.45) is 3.22. The minimum absolute atomic E-state index is 0.328. The number of anilines is 1. The number of aromatic nitrogens is 1. The number of aryl methyl sites for hydroxylation is 1. The molecule has 5 heteroatoms. The molecule has 0 aliphatic rings. The number of nitrogens with one attached hydrogen (secondary N) is 1. The third kappa shape index (κ3) is 3.20. The van der Waals surface area contributed by atoms with Crippen LogP contribution < -0.4 is 5.32 Å². The highest BCUT2D eigenvalue weighted by atomic mass is 32.1. The SMILES string of the molecule is CCCC(CC)Nc1nc(C)c(C(=O)O)s1. The first-order valence-electron chi connectivity index (χ1n) is 5.55. The van der Waals surface area contributed by atoms with E-state index in [1.165, 1.54) is 11.3 Å². The van der Waals surface area contributed by atoms with Crippen molar-refractivity contribution < 1.29 is 9.90 Å². The van der Waals surface area contributed by atoms with Crippen LogP contribution in [0.4, 0.5) is 5.13 Å². The zero-order valence-electron chi connectivity index (χ0n) is 9.91. The van der Waals surface area contributed by atoms with Crippen molar-refractivity contribution in [2.24, 2.45) is 0 Å². The van der Waals surface area contributed by atoms with Gasteiger partial charge in [0.2, 0.25) is 0 Å². The predicted octanol–water partition coefficient (Wildman–Crippen LogP) is 3.14. The maximum absolute atomic E-state index is 10.9. The van der Waals surface area contributed by atoms with E-state index in [1.54, 1.807) is 6.92 Å². The van der Waals surface area contributed by atoms with Gasteiger partial charge < -0.3 is 10.4 Å². The zero-order valence-corrected chi connectivity index (χ0v) is 10.7. The van der Waals surface area contributed by atoms with Gasteiger partial charge >= 0.3 is 5.97 Å². The molecule has 0 aliphatic carbocycles. The maximum Gasteiger partial charge on any atom is 0.347 e. The van der Waals surface area contributed by atoms with Gasteiger partial charge in [0, 0.05) is 6.04 Å². The van der Waals surface area contributed by atoms with Gasteiger partial charge in [-0.15, -0.1) is 0 Å². The summed E-state index contributed by atoms with van der Waals surface area (Å²) in [5, 5.41) is 12.9. The van der Waals surface area contributed by atoms with Crippen LogP contribution in [0.25, 0.3) is 0 Å². The summed E-state index contributed by atoms with van der Waals surface area (Å²) in [6, 6.07) is 0.386. The molecule has 0 spiro atoms. The van der Waals surface area contributed by atoms with Gasteiger partial charge in [-0.2, -0.15) is 0 Å². The van der Waals surface area contributed by atoms with Crippen LogP contribution in [0.5, 0.6) is 0 Å². The molecular weight excluding hydrogens is 224 g/mol. The molecule has 0 saturated carbocycles. The second kappa shape index (κ2) is 5.84. The summed E-state index contributed by atoms with van der Waals surface area (Å²) in [4.78, 5) is 15.4. The molecule has 4 nitrogen and oxygen atoms in total. The molecule has 0 aliphatic heterocycles. The van der Waals surface area contributed by atoms with Crippen molar-refractivity contribution in [2.45, 2.75) is 46.1 Å². The normalized spacial score (nSPS) is 12.4. The van der Waals surface area contributed by atoms with E-state index < -0.39 is 5.97 Å². The first-order chi connectivity index (χ1) is 7.58. The lowest BCUT2D eigenvalue weighted by Gasteiger charge is -2.14. The first kappa shape index (κ1) is 13.0. The zero-order chi connectivity index (χ0) is 12.1. The van der Waals surface area contributed by atoms with Crippen molar-refractivity contribution in [3.05, 3.63) is 10.6 Å². The number of hydrogen-bond donors (Lipinski definition) is 2. The van der Waals surface area contributed by atoms with Gasteiger partial charge in [0.25, 0.3) is 0 Å². The molecule has 1 aromatic rings. The van der Waals surface area contributed by atoms with E-state index in [2.05, 4.69) is 24.1 Å². The van der Waals surface area contributed by atoms with E-state index in [9.17, 15) is 4.79 Å². The Morgan fingerprint density at radius 1 is 1.56 bits per heavy atom. The molecule has 0 bridgehead atoms. The molecule has 90 valence electrons. The van der Waals surface area contributed by atoms with Gasteiger partial charge in [0.15, 0.2) is 5.13 Å². The summed E-state index contributed by atoms with van der Waals surface area (Å²) in [6.45, 7) is 5.98. The van der Waals surface area contributed by atoms with Crippen LogP contribution in [-0.2, 0) is 0 Å². The maximum atomic E-state index is 10.9. The standard InChI is InChI=1S/C11H18N2O2S/c1-4-6-8(5-2)13-11-12-7(3)9(16-11)10(14)15/h8H,4-6H2,1-3H3,(H,12,13)(H,14,15). The fraction of sp³-hybridized carbons (Fsp3) is 0.636. The number of carboxylic acids is 1. The monoisotopic (exact) mass is 242 g/mol. The molecule has 0 amide bonds. The van der Waals surface area contributed by atoms with E-state index in [0.717, 1.165) is 24.4 Å². The summed E-state index contributed by atoms with van der Waals surface area (Å²) < 4.78 is 0. The number of carboxylic acid groups (broad SMARTS) is 1. The molecule has 1 aromatic heterocycles. The Hall–Kier alpha value is -1.10. The van der Waals surface area contributed by atoms with Gasteiger partial charge in [-0.25, -0.2) is 9.78 Å². The Balaban J connectivity index is 2.73. The smallest absolute Gasteiger partial charge is 0.347 e. The van der Waals surface area contributed by atoms with Crippen LogP contribution in [0, 0.1) is 6.92 Å². The highest BCUT2D eigenvalue weighted by Crippen LogP contribution is 2.24. The van der Waals surface area contributed by atoms with Crippen molar-refractivity contribution >= 4 is 22.4 Å². The first-order valence-corrected chi connectivity index (χ1v) is 6.37. The number of hydrogen-bond acceptors (Lipinski definition) is 4. The third-order valence-corrected chi connectivity index (χ3v) is 3.53. The Bertz CT molecular complexity index is 363. The van der Waals surface area contributed by atoms with Gasteiger partial charge in [-0.1, -0.05) is 31.6 Å². The van der Waals surface area contributed by atoms with E-state index in [-0.39, 0.29) is 0 Å². The Labute approximate surface area is 99.7 Å². The lowest BCUT2D eigenvalue weighted by atomic mass is 10.1. The Morgan fingerprint density at radius 2 is 2.25 bits per heavy atom. The molecule has 0 fully saturated rings. The second-order valence-electron chi connectivity index (χ2n) is 3.78. The van der Waals surface area contributed by atoms with E-state index in [0.29, 0.717) is 16.6 Å². The van der Waals surface area contributed by atoms with Crippen molar-refractivity contribution in [1.29, 1.82) is 0 Å². The lowest BCUT2D eigenvalue weighted by Crippen LogP contribution is -2.17. The molecule has 1 unspecified atom stereocenters. The third-order valence-electron chi connectivity index (χ3n) is 2.45. The average molecular weight is 242 g/mol. The molecule has 0 aromatic carbocycles. The fourth-order valence-corrected chi connectivity index (χ4v) is 2.44. The number of carbonyl (C=O) groups is 1. The fourth-order valence-electron chi connectivity index (χ4n) is 1.56. The van der Waals surface area contributed by atoms with Gasteiger partial charge in [-0.05, 0) is 19.8 Å². The molecule has 2 N–H and O–H groups in total. The van der Waals surface area contributed by atoms with Gasteiger partial charge in [0.05, 0.1) is 5.69 Å². The van der Waals surface area contributed by atoms with Crippen LogP contribution in [0.2, 0.25) is 0 Å². The van der Waals surface area contributed by atoms with Crippen LogP contribution >= 0.6 is 11.3 Å². The van der Waals surface area contributed by atoms with E-state index in [1.807, 2.05) is 0 Å². The van der Waals surface area contributed by atoms with Crippen LogP contribution in [0.3, 0.4) is 0 Å². The Kier molecular flexibility index (Phi) is 4.73. The van der Waals surface area contributed by atoms with E-state index >= 15 is 0 Å². The summed E-state index contributed by atoms with van der Waals surface area (Å²) in [7, 11) is 0. The largest absolute Gasteiger partial charge is 0.477 e. The lowest BCUT2D eigenvalue weighted by molar-refractivity contribution is 0.0701. The molecule has 0 radical (unpaired) electrons. The van der Waals surface area contributed by atoms with Gasteiger partial charge in [-0.3, -0.25) is 0 Å².